The molecule has 6 heteroatoms. The summed E-state index contributed by atoms with van der Waals surface area (Å²) in [6, 6.07) is 8.37. The zero-order valence-corrected chi connectivity index (χ0v) is 14.0. The van der Waals surface area contributed by atoms with Crippen molar-refractivity contribution in [1.29, 1.82) is 0 Å². The van der Waals surface area contributed by atoms with Crippen LogP contribution >= 0.6 is 0 Å². The van der Waals surface area contributed by atoms with E-state index in [4.69, 9.17) is 4.74 Å². The molecule has 24 heavy (non-hydrogen) atoms. The van der Waals surface area contributed by atoms with Gasteiger partial charge in [0.25, 0.3) is 0 Å². The van der Waals surface area contributed by atoms with Crippen molar-refractivity contribution in [3.63, 3.8) is 0 Å². The van der Waals surface area contributed by atoms with Gasteiger partial charge in [0.05, 0.1) is 19.3 Å². The number of amides is 1. The number of hydrogen-bond donors (Lipinski definition) is 3. The number of morpholine rings is 1. The molecular weight excluding hydrogens is 304 g/mol. The van der Waals surface area contributed by atoms with E-state index in [1.807, 2.05) is 0 Å². The van der Waals surface area contributed by atoms with Gasteiger partial charge in [0, 0.05) is 50.4 Å². The van der Waals surface area contributed by atoms with E-state index in [1.54, 1.807) is 0 Å². The summed E-state index contributed by atoms with van der Waals surface area (Å²) in [5.74, 6) is 0.129. The SMILES string of the molecule is O=C(NCCN1CCOCC1)C1CC2(CNc3ccccc32)CN1. The lowest BCUT2D eigenvalue weighted by Crippen LogP contribution is -2.45. The van der Waals surface area contributed by atoms with E-state index in [0.29, 0.717) is 6.54 Å². The molecule has 1 aromatic rings. The minimum absolute atomic E-state index is 0.0583. The van der Waals surface area contributed by atoms with E-state index >= 15 is 0 Å². The van der Waals surface area contributed by atoms with Crippen molar-refractivity contribution in [2.75, 3.05) is 57.8 Å². The second kappa shape index (κ2) is 6.70. The van der Waals surface area contributed by atoms with E-state index < -0.39 is 0 Å². The van der Waals surface area contributed by atoms with Gasteiger partial charge in [-0.15, -0.1) is 0 Å². The van der Waals surface area contributed by atoms with Crippen molar-refractivity contribution in [3.05, 3.63) is 29.8 Å². The maximum Gasteiger partial charge on any atom is 0.237 e. The highest BCUT2D eigenvalue weighted by molar-refractivity contribution is 5.82. The molecule has 0 radical (unpaired) electrons. The number of hydrogen-bond acceptors (Lipinski definition) is 5. The lowest BCUT2D eigenvalue weighted by Gasteiger charge is -2.26. The van der Waals surface area contributed by atoms with Gasteiger partial charge in [-0.1, -0.05) is 18.2 Å². The van der Waals surface area contributed by atoms with Crippen molar-refractivity contribution in [1.82, 2.24) is 15.5 Å². The Hall–Kier alpha value is -1.63. The van der Waals surface area contributed by atoms with E-state index in [0.717, 1.165) is 52.4 Å². The first-order valence-corrected chi connectivity index (χ1v) is 8.91. The number of carbonyl (C=O) groups excluding carboxylic acids is 1. The van der Waals surface area contributed by atoms with Crippen molar-refractivity contribution in [2.24, 2.45) is 0 Å². The molecule has 0 saturated carbocycles. The first-order valence-electron chi connectivity index (χ1n) is 8.91. The van der Waals surface area contributed by atoms with Crippen LogP contribution in [-0.4, -0.2) is 69.3 Å². The highest BCUT2D eigenvalue weighted by Crippen LogP contribution is 2.42. The van der Waals surface area contributed by atoms with Gasteiger partial charge < -0.3 is 20.7 Å². The molecule has 3 aliphatic rings. The monoisotopic (exact) mass is 330 g/mol. The van der Waals surface area contributed by atoms with E-state index in [-0.39, 0.29) is 17.4 Å². The van der Waals surface area contributed by atoms with Gasteiger partial charge in [-0.3, -0.25) is 9.69 Å². The normalized spacial score (nSPS) is 29.4. The number of anilines is 1. The first kappa shape index (κ1) is 15.9. The van der Waals surface area contributed by atoms with Crippen LogP contribution in [0.25, 0.3) is 0 Å². The molecule has 1 amide bonds. The molecule has 3 N–H and O–H groups in total. The van der Waals surface area contributed by atoms with Gasteiger partial charge in [0.15, 0.2) is 0 Å². The summed E-state index contributed by atoms with van der Waals surface area (Å²) in [6.07, 6.45) is 0.862. The fourth-order valence-corrected chi connectivity index (χ4v) is 4.12. The number of carbonyl (C=O) groups is 1. The summed E-state index contributed by atoms with van der Waals surface area (Å²) < 4.78 is 5.35. The van der Waals surface area contributed by atoms with Gasteiger partial charge in [-0.2, -0.15) is 0 Å². The lowest BCUT2D eigenvalue weighted by molar-refractivity contribution is -0.122. The molecule has 1 aromatic carbocycles. The number of fused-ring (bicyclic) bond motifs is 2. The molecule has 6 nitrogen and oxygen atoms in total. The van der Waals surface area contributed by atoms with Crippen LogP contribution in [0.1, 0.15) is 12.0 Å². The molecular formula is C18H26N4O2. The molecule has 2 atom stereocenters. The predicted octanol–water partition coefficient (Wildman–Crippen LogP) is 0.160. The Morgan fingerprint density at radius 2 is 2.12 bits per heavy atom. The number of nitrogens with one attached hydrogen (secondary N) is 3. The summed E-state index contributed by atoms with van der Waals surface area (Å²) in [5, 5.41) is 10.0. The van der Waals surface area contributed by atoms with Crippen LogP contribution < -0.4 is 16.0 Å². The topological polar surface area (TPSA) is 65.6 Å². The van der Waals surface area contributed by atoms with Gasteiger partial charge >= 0.3 is 0 Å². The molecule has 3 heterocycles. The number of para-hydroxylation sites is 1. The average molecular weight is 330 g/mol. The number of nitrogens with zero attached hydrogens (tertiary/aromatic N) is 1. The van der Waals surface area contributed by atoms with Crippen molar-refractivity contribution >= 4 is 11.6 Å². The maximum absolute atomic E-state index is 12.5. The van der Waals surface area contributed by atoms with Crippen LogP contribution in [0.3, 0.4) is 0 Å². The summed E-state index contributed by atoms with van der Waals surface area (Å²) >= 11 is 0. The highest BCUT2D eigenvalue weighted by Gasteiger charge is 2.46. The molecule has 2 fully saturated rings. The second-order valence-electron chi connectivity index (χ2n) is 7.06. The predicted molar refractivity (Wildman–Crippen MR) is 93.3 cm³/mol. The highest BCUT2D eigenvalue weighted by atomic mass is 16.5. The lowest BCUT2D eigenvalue weighted by atomic mass is 9.80. The number of ether oxygens (including phenoxy) is 1. The first-order chi connectivity index (χ1) is 11.8. The Balaban J connectivity index is 1.30. The fraction of sp³-hybridized carbons (Fsp3) is 0.611. The molecule has 0 aliphatic carbocycles. The number of benzene rings is 1. The molecule has 130 valence electrons. The van der Waals surface area contributed by atoms with Gasteiger partial charge in [0.2, 0.25) is 5.91 Å². The second-order valence-corrected chi connectivity index (χ2v) is 7.06. The van der Waals surface area contributed by atoms with Crippen molar-refractivity contribution in [2.45, 2.75) is 17.9 Å². The van der Waals surface area contributed by atoms with E-state index in [1.165, 1.54) is 11.3 Å². The minimum Gasteiger partial charge on any atom is -0.384 e. The standard InChI is InChI=1S/C18H26N4O2/c23-17(19-5-6-22-7-9-24-10-8-22)16-11-18(13-21-16)12-20-15-4-2-1-3-14(15)18/h1-4,16,20-21H,5-13H2,(H,19,23). The number of rotatable bonds is 4. The average Bonchev–Trinajstić information content (AvgIpc) is 3.22. The minimum atomic E-state index is -0.0948. The Morgan fingerprint density at radius 3 is 3.00 bits per heavy atom. The molecule has 1 spiro atoms. The van der Waals surface area contributed by atoms with Crippen LogP contribution in [0.4, 0.5) is 5.69 Å². The fourth-order valence-electron chi connectivity index (χ4n) is 4.12. The molecule has 3 aliphatic heterocycles. The third-order valence-electron chi connectivity index (χ3n) is 5.54. The Morgan fingerprint density at radius 1 is 1.29 bits per heavy atom. The largest absolute Gasteiger partial charge is 0.384 e. The van der Waals surface area contributed by atoms with Crippen LogP contribution in [-0.2, 0) is 14.9 Å². The summed E-state index contributed by atoms with van der Waals surface area (Å²) in [7, 11) is 0. The van der Waals surface area contributed by atoms with Gasteiger partial charge in [0.1, 0.15) is 0 Å². The molecule has 2 unspecified atom stereocenters. The third kappa shape index (κ3) is 3.01. The summed E-state index contributed by atoms with van der Waals surface area (Å²) in [5.41, 5.74) is 2.62. The third-order valence-corrected chi connectivity index (χ3v) is 5.54. The van der Waals surface area contributed by atoms with Crippen molar-refractivity contribution < 1.29 is 9.53 Å². The van der Waals surface area contributed by atoms with Crippen molar-refractivity contribution in [3.8, 4) is 0 Å². The molecule has 0 bridgehead atoms. The Bertz CT molecular complexity index is 602. The van der Waals surface area contributed by atoms with Crippen LogP contribution in [0.5, 0.6) is 0 Å². The van der Waals surface area contributed by atoms with E-state index in [2.05, 4.69) is 45.1 Å². The maximum atomic E-state index is 12.5. The Kier molecular flexibility index (Phi) is 4.43. The van der Waals surface area contributed by atoms with E-state index in [9.17, 15) is 4.79 Å². The van der Waals surface area contributed by atoms with Crippen LogP contribution in [0.2, 0.25) is 0 Å². The summed E-state index contributed by atoms with van der Waals surface area (Å²) in [4.78, 5) is 14.8. The summed E-state index contributed by atoms with van der Waals surface area (Å²) in [6.45, 7) is 6.90. The van der Waals surface area contributed by atoms with Crippen LogP contribution in [0, 0.1) is 0 Å². The quantitative estimate of drug-likeness (QED) is 0.734. The molecule has 0 aromatic heterocycles. The Labute approximate surface area is 142 Å². The molecule has 2 saturated heterocycles. The van der Waals surface area contributed by atoms with Crippen LogP contribution in [0.15, 0.2) is 24.3 Å². The zero-order valence-electron chi connectivity index (χ0n) is 14.0. The molecule has 4 rings (SSSR count). The smallest absolute Gasteiger partial charge is 0.237 e. The van der Waals surface area contributed by atoms with Gasteiger partial charge in [-0.25, -0.2) is 0 Å². The zero-order chi connectivity index (χ0) is 16.4. The van der Waals surface area contributed by atoms with Gasteiger partial charge in [-0.05, 0) is 18.1 Å².